The number of hydrogen-bond acceptors (Lipinski definition) is 7. The lowest BCUT2D eigenvalue weighted by Gasteiger charge is -2.48. The van der Waals surface area contributed by atoms with Crippen LogP contribution in [0.3, 0.4) is 0 Å². The molecule has 1 amide bonds. The summed E-state index contributed by atoms with van der Waals surface area (Å²) in [6.07, 6.45) is -2.74. The van der Waals surface area contributed by atoms with Crippen molar-refractivity contribution in [2.45, 2.75) is 75.8 Å². The quantitative estimate of drug-likeness (QED) is 0.250. The van der Waals surface area contributed by atoms with E-state index in [4.69, 9.17) is 15.0 Å². The van der Waals surface area contributed by atoms with Crippen LogP contribution in [0.15, 0.2) is 70.9 Å². The number of hydrogen-bond donors (Lipinski definition) is 2. The van der Waals surface area contributed by atoms with Crippen LogP contribution in [0.2, 0.25) is 0 Å². The lowest BCUT2D eigenvalue weighted by atomic mass is 9.69. The molecule has 4 rings (SSSR count). The fraction of sp³-hybridized carbons (Fsp3) is 0.536. The topological polar surface area (TPSA) is 177 Å². The van der Waals surface area contributed by atoms with Gasteiger partial charge in [0.15, 0.2) is 0 Å². The van der Waals surface area contributed by atoms with Crippen molar-refractivity contribution in [3.63, 3.8) is 0 Å². The highest BCUT2D eigenvalue weighted by Crippen LogP contribution is 2.40. The molecule has 0 spiro atoms. The smallest absolute Gasteiger partial charge is 0.410 e. The number of benzene rings is 2. The lowest BCUT2D eigenvalue weighted by molar-refractivity contribution is -0.164. The van der Waals surface area contributed by atoms with Gasteiger partial charge in [-0.25, -0.2) is 4.79 Å². The summed E-state index contributed by atoms with van der Waals surface area (Å²) in [7, 11) is 0. The van der Waals surface area contributed by atoms with E-state index in [1.807, 2.05) is 67.6 Å². The van der Waals surface area contributed by atoms with Crippen molar-refractivity contribution in [3.8, 4) is 0 Å². The molecular weight excluding hydrogens is 514 g/mol. The van der Waals surface area contributed by atoms with Gasteiger partial charge in [-0.2, -0.15) is 0 Å². The second-order valence-corrected chi connectivity index (χ2v) is 10.5. The maximum Gasteiger partial charge on any atom is 0.410 e. The largest absolute Gasteiger partial charge is 0.445 e. The van der Waals surface area contributed by atoms with Crippen molar-refractivity contribution in [2.24, 2.45) is 22.1 Å². The van der Waals surface area contributed by atoms with Gasteiger partial charge in [0.05, 0.1) is 43.0 Å². The molecule has 8 atom stereocenters. The van der Waals surface area contributed by atoms with Gasteiger partial charge < -0.3 is 24.6 Å². The number of aliphatic hydroxyl groups is 2. The molecule has 40 heavy (non-hydrogen) atoms. The number of nitrogens with zero attached hydrogens (tertiary/aromatic N) is 7. The molecule has 1 heterocycles. The van der Waals surface area contributed by atoms with Gasteiger partial charge >= 0.3 is 6.09 Å². The molecule has 2 N–H and O–H groups in total. The minimum absolute atomic E-state index is 0.133. The summed E-state index contributed by atoms with van der Waals surface area (Å²) in [5.74, 6) is -0.753. The second kappa shape index (κ2) is 14.0. The Morgan fingerprint density at radius 2 is 1.60 bits per heavy atom. The number of aliphatic hydroxyl groups excluding tert-OH is 2. The standard InChI is InChI=1S/C28H35N7O5/c1-18-14-23(32-34-30)25(36)26(37)24(18)27-22(31-33-29)13-12-21(40-27)16-35(15-19-8-4-2-5-9-19)28(38)39-17-20-10-6-3-7-11-20/h2-11,18,21-27,36-37H,12-17H2,1H3/t18-,21-,22?,23?,24?,25-,26-,27-/m0/s1. The molecule has 0 bridgehead atoms. The number of rotatable bonds is 9. The van der Waals surface area contributed by atoms with Gasteiger partial charge in [0.25, 0.3) is 0 Å². The molecule has 2 aliphatic rings. The average Bonchev–Trinajstić information content (AvgIpc) is 2.96. The van der Waals surface area contributed by atoms with Crippen molar-refractivity contribution in [2.75, 3.05) is 6.54 Å². The van der Waals surface area contributed by atoms with E-state index in [1.165, 1.54) is 0 Å². The van der Waals surface area contributed by atoms with E-state index in [2.05, 4.69) is 20.1 Å². The number of azide groups is 2. The summed E-state index contributed by atoms with van der Waals surface area (Å²) >= 11 is 0. The average molecular weight is 550 g/mol. The van der Waals surface area contributed by atoms with E-state index in [9.17, 15) is 20.5 Å². The van der Waals surface area contributed by atoms with Crippen LogP contribution in [0.4, 0.5) is 4.79 Å². The number of amides is 1. The molecule has 12 nitrogen and oxygen atoms in total. The van der Waals surface area contributed by atoms with Gasteiger partial charge in [0, 0.05) is 22.3 Å². The van der Waals surface area contributed by atoms with E-state index < -0.39 is 48.5 Å². The Labute approximate surface area is 232 Å². The Bertz CT molecular complexity index is 1210. The molecule has 2 fully saturated rings. The molecule has 12 heteroatoms. The van der Waals surface area contributed by atoms with Crippen LogP contribution in [0.25, 0.3) is 20.9 Å². The Morgan fingerprint density at radius 3 is 2.25 bits per heavy atom. The van der Waals surface area contributed by atoms with E-state index >= 15 is 0 Å². The highest BCUT2D eigenvalue weighted by atomic mass is 16.6. The van der Waals surface area contributed by atoms with Gasteiger partial charge in [0.1, 0.15) is 6.61 Å². The zero-order valence-corrected chi connectivity index (χ0v) is 22.4. The SMILES string of the molecule is C[C@H]1CC(N=[N+]=[N-])[C@H](O)[C@@H](O)C1[C@H]1O[C@H](CN(Cc2ccccc2)C(=O)OCc2ccccc2)CCC1N=[N+]=[N-]. The third-order valence-electron chi connectivity index (χ3n) is 7.80. The van der Waals surface area contributed by atoms with E-state index in [-0.39, 0.29) is 19.1 Å². The molecule has 1 aliphatic carbocycles. The predicted octanol–water partition coefficient (Wildman–Crippen LogP) is 5.11. The fourth-order valence-electron chi connectivity index (χ4n) is 5.81. The first-order chi connectivity index (χ1) is 19.4. The van der Waals surface area contributed by atoms with Crippen molar-refractivity contribution < 1.29 is 24.5 Å². The molecule has 2 aromatic carbocycles. The number of ether oxygens (including phenoxy) is 2. The minimum Gasteiger partial charge on any atom is -0.445 e. The molecule has 0 aromatic heterocycles. The number of carbonyl (C=O) groups excluding carboxylic acids is 1. The summed E-state index contributed by atoms with van der Waals surface area (Å²) in [6.45, 7) is 2.56. The zero-order valence-electron chi connectivity index (χ0n) is 22.4. The Kier molecular flexibility index (Phi) is 10.2. The van der Waals surface area contributed by atoms with Gasteiger partial charge in [-0.15, -0.1) is 0 Å². The van der Waals surface area contributed by atoms with Crippen LogP contribution in [0, 0.1) is 11.8 Å². The van der Waals surface area contributed by atoms with E-state index in [1.54, 1.807) is 4.90 Å². The first kappa shape index (κ1) is 29.2. The van der Waals surface area contributed by atoms with Crippen molar-refractivity contribution in [1.82, 2.24) is 4.90 Å². The van der Waals surface area contributed by atoms with Crippen LogP contribution >= 0.6 is 0 Å². The molecule has 3 unspecified atom stereocenters. The Morgan fingerprint density at radius 1 is 0.975 bits per heavy atom. The Balaban J connectivity index is 1.51. The van der Waals surface area contributed by atoms with Crippen molar-refractivity contribution in [1.29, 1.82) is 0 Å². The predicted molar refractivity (Wildman–Crippen MR) is 147 cm³/mol. The normalized spacial score (nSPS) is 29.9. The third-order valence-corrected chi connectivity index (χ3v) is 7.80. The molecular formula is C28H35N7O5. The summed E-state index contributed by atoms with van der Waals surface area (Å²) in [6, 6.07) is 17.7. The molecule has 1 saturated carbocycles. The van der Waals surface area contributed by atoms with Crippen molar-refractivity contribution >= 4 is 6.09 Å². The molecule has 1 aliphatic heterocycles. The maximum absolute atomic E-state index is 13.3. The lowest BCUT2D eigenvalue weighted by Crippen LogP contribution is -2.58. The summed E-state index contributed by atoms with van der Waals surface area (Å²) in [5, 5.41) is 29.3. The summed E-state index contributed by atoms with van der Waals surface area (Å²) < 4.78 is 12.1. The van der Waals surface area contributed by atoms with Crippen LogP contribution in [-0.2, 0) is 22.6 Å². The maximum atomic E-state index is 13.3. The number of carbonyl (C=O) groups is 1. The molecule has 1 saturated heterocycles. The van der Waals surface area contributed by atoms with Crippen LogP contribution < -0.4 is 0 Å². The molecule has 2 aromatic rings. The minimum atomic E-state index is -1.27. The van der Waals surface area contributed by atoms with Gasteiger partial charge in [0.2, 0.25) is 0 Å². The second-order valence-electron chi connectivity index (χ2n) is 10.5. The van der Waals surface area contributed by atoms with Gasteiger partial charge in [-0.1, -0.05) is 77.8 Å². The highest BCUT2D eigenvalue weighted by Gasteiger charge is 2.49. The van der Waals surface area contributed by atoms with E-state index in [0.29, 0.717) is 25.8 Å². The van der Waals surface area contributed by atoms with E-state index in [0.717, 1.165) is 11.1 Å². The summed E-state index contributed by atoms with van der Waals surface area (Å²) in [5.41, 5.74) is 19.9. The third kappa shape index (κ3) is 7.24. The highest BCUT2D eigenvalue weighted by molar-refractivity contribution is 5.67. The fourth-order valence-corrected chi connectivity index (χ4v) is 5.81. The van der Waals surface area contributed by atoms with Gasteiger partial charge in [-0.3, -0.25) is 0 Å². The summed E-state index contributed by atoms with van der Waals surface area (Å²) in [4.78, 5) is 20.6. The molecule has 212 valence electrons. The molecule has 0 radical (unpaired) electrons. The van der Waals surface area contributed by atoms with Crippen LogP contribution in [-0.4, -0.2) is 64.3 Å². The van der Waals surface area contributed by atoms with Crippen molar-refractivity contribution in [3.05, 3.63) is 92.7 Å². The zero-order chi connectivity index (χ0) is 28.5. The first-order valence-electron chi connectivity index (χ1n) is 13.5. The van der Waals surface area contributed by atoms with Gasteiger partial charge in [-0.05, 0) is 47.4 Å². The monoisotopic (exact) mass is 549 g/mol. The Hall–Kier alpha value is -3.79. The first-order valence-corrected chi connectivity index (χ1v) is 13.5. The van der Waals surface area contributed by atoms with Crippen LogP contribution in [0.1, 0.15) is 37.3 Å². The van der Waals surface area contributed by atoms with Crippen LogP contribution in [0.5, 0.6) is 0 Å².